The molecule has 0 aromatic heterocycles. The molecule has 0 radical (unpaired) electrons. The third kappa shape index (κ3) is 3.23. The van der Waals surface area contributed by atoms with Crippen LogP contribution in [-0.4, -0.2) is 26.2 Å². The molecule has 5 nitrogen and oxygen atoms in total. The molecule has 0 bridgehead atoms. The normalized spacial score (nSPS) is 15.6. The molecule has 5 heteroatoms. The highest BCUT2D eigenvalue weighted by atomic mass is 16.5. The van der Waals surface area contributed by atoms with Crippen molar-refractivity contribution in [1.82, 2.24) is 0 Å². The van der Waals surface area contributed by atoms with Crippen molar-refractivity contribution in [2.24, 2.45) is 5.41 Å². The van der Waals surface area contributed by atoms with E-state index in [2.05, 4.69) is 6.07 Å². The quantitative estimate of drug-likeness (QED) is 0.796. The molecule has 124 valence electrons. The van der Waals surface area contributed by atoms with Crippen LogP contribution in [-0.2, 0) is 25.5 Å². The largest absolute Gasteiger partial charge is 0.466 e. The van der Waals surface area contributed by atoms with Crippen LogP contribution in [0.25, 0.3) is 0 Å². The molecule has 0 amide bonds. The molecule has 0 spiro atoms. The molecule has 0 fully saturated rings. The van der Waals surface area contributed by atoms with Gasteiger partial charge in [-0.15, -0.1) is 0 Å². The maximum Gasteiger partial charge on any atom is 0.334 e. The predicted octanol–water partition coefficient (Wildman–Crippen LogP) is 2.71. The van der Waals surface area contributed by atoms with Gasteiger partial charge in [-0.25, -0.2) is 9.59 Å². The van der Waals surface area contributed by atoms with Crippen molar-refractivity contribution in [2.75, 3.05) is 14.2 Å². The lowest BCUT2D eigenvalue weighted by molar-refractivity contribution is -0.138. The second-order valence-electron chi connectivity index (χ2n) is 5.77. The number of nitriles is 1. The van der Waals surface area contributed by atoms with Gasteiger partial charge in [0.2, 0.25) is 0 Å². The number of ether oxygens (including phenoxy) is 2. The van der Waals surface area contributed by atoms with Crippen LogP contribution in [0.15, 0.2) is 47.6 Å². The molecule has 2 rings (SSSR count). The van der Waals surface area contributed by atoms with E-state index in [1.807, 2.05) is 19.1 Å². The third-order valence-electron chi connectivity index (χ3n) is 4.28. The van der Waals surface area contributed by atoms with Crippen molar-refractivity contribution in [3.8, 4) is 6.07 Å². The van der Waals surface area contributed by atoms with E-state index >= 15 is 0 Å². The van der Waals surface area contributed by atoms with Gasteiger partial charge in [0.1, 0.15) is 0 Å². The summed E-state index contributed by atoms with van der Waals surface area (Å²) >= 11 is 0. The Morgan fingerprint density at radius 2 is 1.58 bits per heavy atom. The number of nitrogens with zero attached hydrogens (tertiary/aromatic N) is 1. The van der Waals surface area contributed by atoms with Gasteiger partial charge in [-0.3, -0.25) is 0 Å². The molecule has 0 heterocycles. The predicted molar refractivity (Wildman–Crippen MR) is 87.8 cm³/mol. The van der Waals surface area contributed by atoms with Gasteiger partial charge in [-0.05, 0) is 30.5 Å². The number of methoxy groups -OCH3 is 2. The summed E-state index contributed by atoms with van der Waals surface area (Å²) in [5.74, 6) is -0.915. The Morgan fingerprint density at radius 3 is 2.00 bits per heavy atom. The van der Waals surface area contributed by atoms with E-state index in [9.17, 15) is 9.59 Å². The Bertz CT molecular complexity index is 719. The van der Waals surface area contributed by atoms with Crippen LogP contribution in [0.1, 0.15) is 24.5 Å². The number of esters is 2. The molecule has 0 saturated heterocycles. The maximum atomic E-state index is 12.2. The zero-order valence-electron chi connectivity index (χ0n) is 14.0. The fourth-order valence-corrected chi connectivity index (χ4v) is 3.02. The Morgan fingerprint density at radius 1 is 1.08 bits per heavy atom. The Labute approximate surface area is 141 Å². The van der Waals surface area contributed by atoms with Crippen LogP contribution in [0, 0.1) is 16.7 Å². The van der Waals surface area contributed by atoms with E-state index in [-0.39, 0.29) is 0 Å². The molecule has 0 N–H and O–H groups in total. The number of hydrogen-bond acceptors (Lipinski definition) is 5. The number of allylic oxidation sites excluding steroid dienone is 2. The fourth-order valence-electron chi connectivity index (χ4n) is 3.02. The zero-order valence-corrected chi connectivity index (χ0v) is 14.0. The molecule has 0 atom stereocenters. The number of carbonyl (C=O) groups is 2. The van der Waals surface area contributed by atoms with Crippen LogP contribution in [0.4, 0.5) is 0 Å². The second kappa shape index (κ2) is 7.14. The van der Waals surface area contributed by atoms with Crippen molar-refractivity contribution in [3.63, 3.8) is 0 Å². The van der Waals surface area contributed by atoms with Crippen molar-refractivity contribution in [3.05, 3.63) is 58.7 Å². The maximum absolute atomic E-state index is 12.2. The first-order valence-electron chi connectivity index (χ1n) is 7.53. The minimum absolute atomic E-state index is 0.417. The van der Waals surface area contributed by atoms with E-state index < -0.39 is 17.4 Å². The van der Waals surface area contributed by atoms with E-state index in [0.717, 1.165) is 5.56 Å². The lowest BCUT2D eigenvalue weighted by Crippen LogP contribution is -2.35. The summed E-state index contributed by atoms with van der Waals surface area (Å²) in [6.07, 6.45) is 4.45. The van der Waals surface area contributed by atoms with Gasteiger partial charge in [0.15, 0.2) is 0 Å². The van der Waals surface area contributed by atoms with Crippen LogP contribution in [0.2, 0.25) is 0 Å². The molecule has 1 aliphatic carbocycles. The van der Waals surface area contributed by atoms with Crippen LogP contribution in [0.5, 0.6) is 0 Å². The minimum Gasteiger partial charge on any atom is -0.466 e. The monoisotopic (exact) mass is 325 g/mol. The van der Waals surface area contributed by atoms with Crippen molar-refractivity contribution in [2.45, 2.75) is 19.8 Å². The number of carbonyl (C=O) groups excluding carboxylic acids is 2. The average molecular weight is 325 g/mol. The van der Waals surface area contributed by atoms with Gasteiger partial charge in [0.25, 0.3) is 0 Å². The third-order valence-corrected chi connectivity index (χ3v) is 4.28. The lowest BCUT2D eigenvalue weighted by Gasteiger charge is -2.35. The number of hydrogen-bond donors (Lipinski definition) is 0. The molecule has 1 aliphatic rings. The molecular weight excluding hydrogens is 306 g/mol. The van der Waals surface area contributed by atoms with Gasteiger partial charge in [-0.2, -0.15) is 5.26 Å². The van der Waals surface area contributed by atoms with E-state index in [4.69, 9.17) is 14.7 Å². The van der Waals surface area contributed by atoms with Crippen molar-refractivity contribution >= 4 is 11.9 Å². The summed E-state index contributed by atoms with van der Waals surface area (Å²) < 4.78 is 9.78. The second-order valence-corrected chi connectivity index (χ2v) is 5.77. The minimum atomic E-state index is -0.855. The number of rotatable bonds is 4. The first kappa shape index (κ1) is 17.5. The number of benzene rings is 1. The molecule has 1 aromatic rings. The molecular formula is C19H19NO4. The Balaban J connectivity index is 2.45. The van der Waals surface area contributed by atoms with Gasteiger partial charge < -0.3 is 9.47 Å². The SMILES string of the molecule is COC(=O)C1=CCC=C(C(=O)OC)C1(C)Cc1ccc(C#N)cc1. The lowest BCUT2D eigenvalue weighted by atomic mass is 9.68. The highest BCUT2D eigenvalue weighted by molar-refractivity contribution is 5.98. The summed E-state index contributed by atoms with van der Waals surface area (Å²) in [5, 5.41) is 8.90. The van der Waals surface area contributed by atoms with Gasteiger partial charge in [-0.1, -0.05) is 31.2 Å². The summed E-state index contributed by atoms with van der Waals surface area (Å²) in [7, 11) is 2.64. The molecule has 24 heavy (non-hydrogen) atoms. The molecule has 0 unspecified atom stereocenters. The first-order chi connectivity index (χ1) is 11.5. The van der Waals surface area contributed by atoms with Gasteiger partial charge in [0.05, 0.1) is 25.9 Å². The summed E-state index contributed by atoms with van der Waals surface area (Å²) in [6, 6.07) is 9.14. The molecule has 1 aromatic carbocycles. The topological polar surface area (TPSA) is 76.4 Å². The van der Waals surface area contributed by atoms with Crippen LogP contribution < -0.4 is 0 Å². The highest BCUT2D eigenvalue weighted by Gasteiger charge is 2.42. The fraction of sp³-hybridized carbons (Fsp3) is 0.316. The molecule has 0 saturated carbocycles. The van der Waals surface area contributed by atoms with E-state index in [0.29, 0.717) is 29.6 Å². The first-order valence-corrected chi connectivity index (χ1v) is 7.53. The molecule has 0 aliphatic heterocycles. The Hall–Kier alpha value is -2.87. The average Bonchev–Trinajstić information content (AvgIpc) is 2.61. The van der Waals surface area contributed by atoms with Crippen LogP contribution in [0.3, 0.4) is 0 Å². The standard InChI is InChI=1S/C19H19NO4/c1-19(11-13-7-9-14(12-20)10-8-13)15(17(21)23-2)5-4-6-16(19)18(22)24-3/h5-10H,4,11H2,1-3H3. The van der Waals surface area contributed by atoms with E-state index in [1.54, 1.807) is 24.3 Å². The summed E-state index contributed by atoms with van der Waals surface area (Å²) in [4.78, 5) is 24.4. The van der Waals surface area contributed by atoms with Gasteiger partial charge in [0, 0.05) is 16.6 Å². The highest BCUT2D eigenvalue weighted by Crippen LogP contribution is 2.43. The summed E-state index contributed by atoms with van der Waals surface area (Å²) in [6.45, 7) is 1.83. The zero-order chi connectivity index (χ0) is 17.7. The Kier molecular flexibility index (Phi) is 5.20. The summed E-state index contributed by atoms with van der Waals surface area (Å²) in [5.41, 5.74) is 1.49. The van der Waals surface area contributed by atoms with Gasteiger partial charge >= 0.3 is 11.9 Å². The smallest absolute Gasteiger partial charge is 0.334 e. The van der Waals surface area contributed by atoms with Crippen LogP contribution >= 0.6 is 0 Å². The van der Waals surface area contributed by atoms with Crippen molar-refractivity contribution in [1.29, 1.82) is 5.26 Å². The van der Waals surface area contributed by atoms with E-state index in [1.165, 1.54) is 14.2 Å². The van der Waals surface area contributed by atoms with Crippen molar-refractivity contribution < 1.29 is 19.1 Å².